The Morgan fingerprint density at radius 3 is 2.65 bits per heavy atom. The third-order valence-corrected chi connectivity index (χ3v) is 4.07. The predicted octanol–water partition coefficient (Wildman–Crippen LogP) is 3.78. The van der Waals surface area contributed by atoms with Crippen molar-refractivity contribution >= 4 is 16.9 Å². The SMILES string of the molecule is CC[C@@H](C)[C@H](NCc1cc(C(F)(F)F)cc2[nH]ccc12)C(=O)O. The van der Waals surface area contributed by atoms with Crippen molar-refractivity contribution in [3.63, 3.8) is 0 Å². The molecule has 2 rings (SSSR count). The topological polar surface area (TPSA) is 65.1 Å². The number of alkyl halides is 3. The highest BCUT2D eigenvalue weighted by Crippen LogP contribution is 2.33. The van der Waals surface area contributed by atoms with Crippen molar-refractivity contribution < 1.29 is 23.1 Å². The van der Waals surface area contributed by atoms with E-state index >= 15 is 0 Å². The molecule has 0 fully saturated rings. The van der Waals surface area contributed by atoms with Crippen molar-refractivity contribution in [1.82, 2.24) is 10.3 Å². The van der Waals surface area contributed by atoms with Gasteiger partial charge in [-0.15, -0.1) is 0 Å². The van der Waals surface area contributed by atoms with Crippen molar-refractivity contribution in [3.05, 3.63) is 35.5 Å². The van der Waals surface area contributed by atoms with E-state index in [9.17, 15) is 23.1 Å². The molecule has 1 heterocycles. The van der Waals surface area contributed by atoms with Crippen LogP contribution in [0.4, 0.5) is 13.2 Å². The van der Waals surface area contributed by atoms with Crippen molar-refractivity contribution in [3.8, 4) is 0 Å². The summed E-state index contributed by atoms with van der Waals surface area (Å²) in [5, 5.41) is 12.8. The normalized spacial score (nSPS) is 14.8. The van der Waals surface area contributed by atoms with Crippen LogP contribution in [-0.4, -0.2) is 22.1 Å². The Bertz CT molecular complexity index is 694. The molecule has 7 heteroatoms. The first kappa shape index (κ1) is 17.3. The summed E-state index contributed by atoms with van der Waals surface area (Å²) in [6.45, 7) is 3.72. The van der Waals surface area contributed by atoms with Gasteiger partial charge in [0.2, 0.25) is 0 Å². The van der Waals surface area contributed by atoms with Crippen molar-refractivity contribution in [1.29, 1.82) is 0 Å². The fraction of sp³-hybridized carbons (Fsp3) is 0.438. The molecule has 0 spiro atoms. The second kappa shape index (κ2) is 6.62. The number of benzene rings is 1. The molecule has 0 radical (unpaired) electrons. The lowest BCUT2D eigenvalue weighted by Crippen LogP contribution is -2.41. The number of aliphatic carboxylic acids is 1. The number of aromatic amines is 1. The predicted molar refractivity (Wildman–Crippen MR) is 81.0 cm³/mol. The molecule has 126 valence electrons. The van der Waals surface area contributed by atoms with Crippen LogP contribution in [0.3, 0.4) is 0 Å². The van der Waals surface area contributed by atoms with Crippen LogP contribution in [0, 0.1) is 5.92 Å². The Morgan fingerprint density at radius 1 is 1.39 bits per heavy atom. The lowest BCUT2D eigenvalue weighted by atomic mass is 9.98. The zero-order valence-electron chi connectivity index (χ0n) is 12.9. The maximum Gasteiger partial charge on any atom is 0.416 e. The van der Waals surface area contributed by atoms with Gasteiger partial charge in [-0.1, -0.05) is 20.3 Å². The van der Waals surface area contributed by atoms with E-state index in [-0.39, 0.29) is 12.5 Å². The Labute approximate surface area is 131 Å². The number of fused-ring (bicyclic) bond motifs is 1. The molecule has 2 aromatic rings. The zero-order chi connectivity index (χ0) is 17.2. The average Bonchev–Trinajstić information content (AvgIpc) is 2.94. The number of rotatable bonds is 6. The average molecular weight is 328 g/mol. The Kier molecular flexibility index (Phi) is 4.99. The molecule has 0 unspecified atom stereocenters. The van der Waals surface area contributed by atoms with E-state index in [0.717, 1.165) is 12.1 Å². The van der Waals surface area contributed by atoms with Gasteiger partial charge >= 0.3 is 12.1 Å². The van der Waals surface area contributed by atoms with Gasteiger partial charge in [0, 0.05) is 23.6 Å². The fourth-order valence-corrected chi connectivity index (χ4v) is 2.54. The molecule has 0 aliphatic carbocycles. The van der Waals surface area contributed by atoms with Gasteiger partial charge in [-0.25, -0.2) is 0 Å². The molecular formula is C16H19F3N2O2. The molecule has 0 saturated carbocycles. The van der Waals surface area contributed by atoms with Gasteiger partial charge in [0.1, 0.15) is 6.04 Å². The Morgan fingerprint density at radius 2 is 2.09 bits per heavy atom. The Hall–Kier alpha value is -2.02. The summed E-state index contributed by atoms with van der Waals surface area (Å²) in [5.74, 6) is -1.13. The minimum absolute atomic E-state index is 0.0551. The number of hydrogen-bond donors (Lipinski definition) is 3. The quantitative estimate of drug-likeness (QED) is 0.756. The van der Waals surface area contributed by atoms with Crippen LogP contribution in [0.1, 0.15) is 31.4 Å². The highest BCUT2D eigenvalue weighted by atomic mass is 19.4. The van der Waals surface area contributed by atoms with Gasteiger partial charge in [-0.3, -0.25) is 4.79 Å². The minimum Gasteiger partial charge on any atom is -0.480 e. The van der Waals surface area contributed by atoms with E-state index in [1.54, 1.807) is 19.2 Å². The van der Waals surface area contributed by atoms with Crippen LogP contribution in [0.15, 0.2) is 24.4 Å². The number of carbonyl (C=O) groups is 1. The number of carboxylic acid groups (broad SMARTS) is 1. The van der Waals surface area contributed by atoms with Gasteiger partial charge < -0.3 is 15.4 Å². The molecule has 23 heavy (non-hydrogen) atoms. The number of aromatic nitrogens is 1. The number of nitrogens with one attached hydrogen (secondary N) is 2. The first-order valence-corrected chi connectivity index (χ1v) is 7.37. The highest BCUT2D eigenvalue weighted by molar-refractivity contribution is 5.84. The number of halogens is 3. The van der Waals surface area contributed by atoms with Gasteiger partial charge in [0.15, 0.2) is 0 Å². The second-order valence-corrected chi connectivity index (χ2v) is 5.65. The summed E-state index contributed by atoms with van der Waals surface area (Å²) in [6, 6.07) is 3.01. The van der Waals surface area contributed by atoms with Crippen LogP contribution in [0.2, 0.25) is 0 Å². The maximum absolute atomic E-state index is 13.0. The van der Waals surface area contributed by atoms with E-state index in [2.05, 4.69) is 10.3 Å². The third-order valence-electron chi connectivity index (χ3n) is 4.07. The molecule has 2 atom stereocenters. The summed E-state index contributed by atoms with van der Waals surface area (Å²) in [4.78, 5) is 14.1. The molecule has 0 aliphatic rings. The summed E-state index contributed by atoms with van der Waals surface area (Å²) in [7, 11) is 0. The van der Waals surface area contributed by atoms with Crippen LogP contribution >= 0.6 is 0 Å². The molecular weight excluding hydrogens is 309 g/mol. The van der Waals surface area contributed by atoms with Gasteiger partial charge in [-0.2, -0.15) is 13.2 Å². The van der Waals surface area contributed by atoms with Gasteiger partial charge in [-0.05, 0) is 29.7 Å². The zero-order valence-corrected chi connectivity index (χ0v) is 12.9. The van der Waals surface area contributed by atoms with Crippen LogP contribution < -0.4 is 5.32 Å². The van der Waals surface area contributed by atoms with E-state index < -0.39 is 23.8 Å². The van der Waals surface area contributed by atoms with Crippen LogP contribution in [0.5, 0.6) is 0 Å². The maximum atomic E-state index is 13.0. The lowest BCUT2D eigenvalue weighted by Gasteiger charge is -2.21. The molecule has 0 saturated heterocycles. The van der Waals surface area contributed by atoms with Crippen molar-refractivity contribution in [2.75, 3.05) is 0 Å². The fourth-order valence-electron chi connectivity index (χ4n) is 2.54. The van der Waals surface area contributed by atoms with Crippen LogP contribution in [0.25, 0.3) is 10.9 Å². The smallest absolute Gasteiger partial charge is 0.416 e. The minimum atomic E-state index is -4.45. The summed E-state index contributed by atoms with van der Waals surface area (Å²) >= 11 is 0. The van der Waals surface area contributed by atoms with Gasteiger partial charge in [0.05, 0.1) is 5.56 Å². The highest BCUT2D eigenvalue weighted by Gasteiger charge is 2.31. The van der Waals surface area contributed by atoms with Crippen molar-refractivity contribution in [2.24, 2.45) is 5.92 Å². The van der Waals surface area contributed by atoms with E-state index in [4.69, 9.17) is 0 Å². The first-order chi connectivity index (χ1) is 10.7. The first-order valence-electron chi connectivity index (χ1n) is 7.37. The largest absolute Gasteiger partial charge is 0.480 e. The number of H-pyrrole nitrogens is 1. The Balaban J connectivity index is 2.31. The van der Waals surface area contributed by atoms with Crippen LogP contribution in [-0.2, 0) is 17.5 Å². The standard InChI is InChI=1S/C16H19F3N2O2/c1-3-9(2)14(15(22)23)21-8-10-6-11(16(17,18)19)7-13-12(10)4-5-20-13/h4-7,9,14,20-21H,3,8H2,1-2H3,(H,22,23)/t9-,14+/m1/s1. The second-order valence-electron chi connectivity index (χ2n) is 5.65. The van der Waals surface area contributed by atoms with E-state index in [0.29, 0.717) is 22.9 Å². The molecule has 1 aromatic carbocycles. The molecule has 0 amide bonds. The summed E-state index contributed by atoms with van der Waals surface area (Å²) in [5.41, 5.74) is 0.0531. The molecule has 0 aliphatic heterocycles. The molecule has 1 aromatic heterocycles. The number of hydrogen-bond acceptors (Lipinski definition) is 2. The summed E-state index contributed by atoms with van der Waals surface area (Å²) in [6.07, 6.45) is -2.22. The van der Waals surface area contributed by atoms with Gasteiger partial charge in [0.25, 0.3) is 0 Å². The van der Waals surface area contributed by atoms with E-state index in [1.807, 2.05) is 6.92 Å². The monoisotopic (exact) mass is 328 g/mol. The van der Waals surface area contributed by atoms with E-state index in [1.165, 1.54) is 0 Å². The number of carboxylic acids is 1. The molecule has 4 nitrogen and oxygen atoms in total. The molecule has 3 N–H and O–H groups in total. The lowest BCUT2D eigenvalue weighted by molar-refractivity contribution is -0.141. The third kappa shape index (κ3) is 3.85. The van der Waals surface area contributed by atoms with Crippen molar-refractivity contribution in [2.45, 2.75) is 39.0 Å². The summed E-state index contributed by atoms with van der Waals surface area (Å²) < 4.78 is 39.0. The molecule has 0 bridgehead atoms.